The summed E-state index contributed by atoms with van der Waals surface area (Å²) in [5.74, 6) is 0.255. The molecule has 1 heterocycles. The Morgan fingerprint density at radius 3 is 2.04 bits per heavy atom. The highest BCUT2D eigenvalue weighted by molar-refractivity contribution is 5.90. The third-order valence-corrected chi connectivity index (χ3v) is 4.64. The Balaban J connectivity index is 2.04. The fourth-order valence-electron chi connectivity index (χ4n) is 3.38. The van der Waals surface area contributed by atoms with Crippen molar-refractivity contribution in [3.8, 4) is 0 Å². The predicted octanol–water partition coefficient (Wildman–Crippen LogP) is 3.18. The molecule has 3 rings (SSSR count). The summed E-state index contributed by atoms with van der Waals surface area (Å²) < 4.78 is 0. The molecule has 0 radical (unpaired) electrons. The molecule has 1 unspecified atom stereocenters. The summed E-state index contributed by atoms with van der Waals surface area (Å²) in [6.07, 6.45) is 2.13. The third kappa shape index (κ3) is 3.02. The number of hydrogen-bond acceptors (Lipinski definition) is 2. The molecule has 1 N–H and O–H groups in total. The lowest BCUT2D eigenvalue weighted by atomic mass is 9.84. The number of nitrogens with zero attached hydrogens (tertiary/aromatic N) is 1. The second-order valence-corrected chi connectivity index (χ2v) is 6.44. The van der Waals surface area contributed by atoms with E-state index in [0.717, 1.165) is 12.8 Å². The van der Waals surface area contributed by atoms with Crippen LogP contribution >= 0.6 is 0 Å². The average Bonchev–Trinajstić information content (AvgIpc) is 2.62. The van der Waals surface area contributed by atoms with Crippen LogP contribution in [-0.4, -0.2) is 29.0 Å². The molecule has 0 aromatic heterocycles. The van der Waals surface area contributed by atoms with Crippen LogP contribution < -0.4 is 0 Å². The maximum Gasteiger partial charge on any atom is 0.263 e. The molecule has 3 nitrogen and oxygen atoms in total. The topological polar surface area (TPSA) is 40.5 Å². The standard InChI is InChI=1S/C20H23NO2/c1-16-9-8-14-21(15-16)19(22)20(23,17-10-4-2-5-11-17)18-12-6-3-7-13-18/h2-7,10-13,16,23H,8-9,14-15H2,1H3. The Morgan fingerprint density at radius 2 is 1.57 bits per heavy atom. The minimum atomic E-state index is -1.63. The van der Waals surface area contributed by atoms with Gasteiger partial charge in [0.1, 0.15) is 0 Å². The van der Waals surface area contributed by atoms with Gasteiger partial charge in [0.05, 0.1) is 0 Å². The largest absolute Gasteiger partial charge is 0.372 e. The van der Waals surface area contributed by atoms with Crippen LogP contribution in [0.25, 0.3) is 0 Å². The molecule has 1 aliphatic rings. The van der Waals surface area contributed by atoms with Crippen LogP contribution in [0.3, 0.4) is 0 Å². The molecular formula is C20H23NO2. The zero-order valence-corrected chi connectivity index (χ0v) is 13.5. The Hall–Kier alpha value is -2.13. The molecule has 120 valence electrons. The van der Waals surface area contributed by atoms with Crippen molar-refractivity contribution < 1.29 is 9.90 Å². The van der Waals surface area contributed by atoms with E-state index in [-0.39, 0.29) is 5.91 Å². The smallest absolute Gasteiger partial charge is 0.263 e. The SMILES string of the molecule is CC1CCCN(C(=O)C(O)(c2ccccc2)c2ccccc2)C1. The molecule has 0 spiro atoms. The molecule has 1 saturated heterocycles. The lowest BCUT2D eigenvalue weighted by Gasteiger charge is -2.38. The third-order valence-electron chi connectivity index (χ3n) is 4.64. The maximum absolute atomic E-state index is 13.2. The second kappa shape index (κ2) is 6.55. The summed E-state index contributed by atoms with van der Waals surface area (Å²) in [4.78, 5) is 15.1. The van der Waals surface area contributed by atoms with Crippen LogP contribution in [0.15, 0.2) is 60.7 Å². The van der Waals surface area contributed by atoms with Crippen molar-refractivity contribution in [1.29, 1.82) is 0 Å². The molecule has 0 saturated carbocycles. The van der Waals surface area contributed by atoms with E-state index in [4.69, 9.17) is 0 Å². The summed E-state index contributed by atoms with van der Waals surface area (Å²) in [6, 6.07) is 18.5. The summed E-state index contributed by atoms with van der Waals surface area (Å²) in [7, 11) is 0. The van der Waals surface area contributed by atoms with Crippen molar-refractivity contribution in [2.75, 3.05) is 13.1 Å². The molecule has 0 aliphatic carbocycles. The van der Waals surface area contributed by atoms with Gasteiger partial charge in [-0.2, -0.15) is 0 Å². The van der Waals surface area contributed by atoms with Crippen molar-refractivity contribution in [2.45, 2.75) is 25.4 Å². The molecular weight excluding hydrogens is 286 g/mol. The lowest BCUT2D eigenvalue weighted by Crippen LogP contribution is -2.50. The van der Waals surface area contributed by atoms with Crippen molar-refractivity contribution in [2.24, 2.45) is 5.92 Å². The second-order valence-electron chi connectivity index (χ2n) is 6.44. The van der Waals surface area contributed by atoms with E-state index in [0.29, 0.717) is 30.1 Å². The first-order valence-electron chi connectivity index (χ1n) is 8.25. The van der Waals surface area contributed by atoms with Gasteiger partial charge in [0, 0.05) is 13.1 Å². The van der Waals surface area contributed by atoms with Crippen molar-refractivity contribution >= 4 is 5.91 Å². The predicted molar refractivity (Wildman–Crippen MR) is 90.9 cm³/mol. The van der Waals surface area contributed by atoms with Crippen LogP contribution in [0, 0.1) is 5.92 Å². The Bertz CT molecular complexity index is 614. The minimum absolute atomic E-state index is 0.221. The van der Waals surface area contributed by atoms with Crippen molar-refractivity contribution in [3.63, 3.8) is 0 Å². The quantitative estimate of drug-likeness (QED) is 0.946. The summed E-state index contributed by atoms with van der Waals surface area (Å²) in [5.41, 5.74) is -0.386. The van der Waals surface area contributed by atoms with Crippen LogP contribution in [0.1, 0.15) is 30.9 Å². The van der Waals surface area contributed by atoms with Gasteiger partial charge in [-0.3, -0.25) is 4.79 Å². The van der Waals surface area contributed by atoms with Gasteiger partial charge in [-0.05, 0) is 29.9 Å². The summed E-state index contributed by atoms with van der Waals surface area (Å²) in [5, 5.41) is 11.5. The summed E-state index contributed by atoms with van der Waals surface area (Å²) in [6.45, 7) is 3.58. The monoisotopic (exact) mass is 309 g/mol. The number of amides is 1. The minimum Gasteiger partial charge on any atom is -0.372 e. The number of likely N-dealkylation sites (tertiary alicyclic amines) is 1. The Labute approximate surface area is 137 Å². The first-order valence-corrected chi connectivity index (χ1v) is 8.25. The number of piperidine rings is 1. The Morgan fingerprint density at radius 1 is 1.04 bits per heavy atom. The summed E-state index contributed by atoms with van der Waals surface area (Å²) >= 11 is 0. The Kier molecular flexibility index (Phi) is 4.49. The molecule has 3 heteroatoms. The molecule has 2 aromatic carbocycles. The number of benzene rings is 2. The molecule has 1 aliphatic heterocycles. The fraction of sp³-hybridized carbons (Fsp3) is 0.350. The van der Waals surface area contributed by atoms with Gasteiger partial charge in [-0.15, -0.1) is 0 Å². The molecule has 2 aromatic rings. The molecule has 1 amide bonds. The van der Waals surface area contributed by atoms with E-state index in [2.05, 4.69) is 6.92 Å². The highest BCUT2D eigenvalue weighted by Gasteiger charge is 2.43. The van der Waals surface area contributed by atoms with E-state index in [1.54, 1.807) is 0 Å². The van der Waals surface area contributed by atoms with Crippen LogP contribution in [0.4, 0.5) is 0 Å². The average molecular weight is 309 g/mol. The highest BCUT2D eigenvalue weighted by Crippen LogP contribution is 2.33. The van der Waals surface area contributed by atoms with Crippen molar-refractivity contribution in [3.05, 3.63) is 71.8 Å². The first-order chi connectivity index (χ1) is 11.1. The van der Waals surface area contributed by atoms with E-state index < -0.39 is 5.60 Å². The van der Waals surface area contributed by atoms with Gasteiger partial charge >= 0.3 is 0 Å². The van der Waals surface area contributed by atoms with Crippen LogP contribution in [-0.2, 0) is 10.4 Å². The number of aliphatic hydroxyl groups is 1. The zero-order chi connectivity index (χ0) is 16.3. The fourth-order valence-corrected chi connectivity index (χ4v) is 3.38. The number of rotatable bonds is 3. The molecule has 23 heavy (non-hydrogen) atoms. The van der Waals surface area contributed by atoms with E-state index >= 15 is 0 Å². The molecule has 0 bridgehead atoms. The first kappa shape index (κ1) is 15.8. The van der Waals surface area contributed by atoms with Crippen LogP contribution in [0.5, 0.6) is 0 Å². The van der Waals surface area contributed by atoms with Gasteiger partial charge in [-0.25, -0.2) is 0 Å². The van der Waals surface area contributed by atoms with Gasteiger partial charge in [0.2, 0.25) is 0 Å². The molecule has 1 atom stereocenters. The highest BCUT2D eigenvalue weighted by atomic mass is 16.3. The lowest BCUT2D eigenvalue weighted by molar-refractivity contribution is -0.150. The normalized spacial score (nSPS) is 18.7. The van der Waals surface area contributed by atoms with E-state index in [9.17, 15) is 9.90 Å². The zero-order valence-electron chi connectivity index (χ0n) is 13.5. The molecule has 1 fully saturated rings. The maximum atomic E-state index is 13.2. The van der Waals surface area contributed by atoms with Gasteiger partial charge < -0.3 is 10.0 Å². The van der Waals surface area contributed by atoms with Gasteiger partial charge in [0.15, 0.2) is 5.60 Å². The number of hydrogen-bond donors (Lipinski definition) is 1. The van der Waals surface area contributed by atoms with Gasteiger partial charge in [0.25, 0.3) is 5.91 Å². The number of carbonyl (C=O) groups is 1. The van der Waals surface area contributed by atoms with Gasteiger partial charge in [-0.1, -0.05) is 67.6 Å². The van der Waals surface area contributed by atoms with Crippen molar-refractivity contribution in [1.82, 2.24) is 4.90 Å². The number of carbonyl (C=O) groups excluding carboxylic acids is 1. The van der Waals surface area contributed by atoms with E-state index in [1.807, 2.05) is 65.6 Å². The van der Waals surface area contributed by atoms with Crippen LogP contribution in [0.2, 0.25) is 0 Å². The van der Waals surface area contributed by atoms with E-state index in [1.165, 1.54) is 0 Å².